The first kappa shape index (κ1) is 21.3. The number of rotatable bonds is 10. The molecule has 0 saturated carbocycles. The molecule has 3 aromatic rings. The van der Waals surface area contributed by atoms with Crippen LogP contribution in [0.3, 0.4) is 0 Å². The SMILES string of the molecule is O=C(OCc1ccccc1)C(Cc1ccccc1)N[C@@H](Cc1ccccc1)C(=O)O. The van der Waals surface area contributed by atoms with E-state index in [1.54, 1.807) is 0 Å². The van der Waals surface area contributed by atoms with Gasteiger partial charge in [0.25, 0.3) is 0 Å². The van der Waals surface area contributed by atoms with Crippen molar-refractivity contribution in [1.82, 2.24) is 5.32 Å². The summed E-state index contributed by atoms with van der Waals surface area (Å²) in [7, 11) is 0. The van der Waals surface area contributed by atoms with Gasteiger partial charge in [0.05, 0.1) is 0 Å². The second-order valence-electron chi connectivity index (χ2n) is 7.08. The predicted molar refractivity (Wildman–Crippen MR) is 115 cm³/mol. The highest BCUT2D eigenvalue weighted by molar-refractivity contribution is 5.79. The minimum absolute atomic E-state index is 0.142. The lowest BCUT2D eigenvalue weighted by Gasteiger charge is -2.22. The first-order valence-corrected chi connectivity index (χ1v) is 9.89. The van der Waals surface area contributed by atoms with Gasteiger partial charge in [-0.15, -0.1) is 0 Å². The Morgan fingerprint density at radius 2 is 1.13 bits per heavy atom. The highest BCUT2D eigenvalue weighted by Crippen LogP contribution is 2.10. The van der Waals surface area contributed by atoms with Crippen molar-refractivity contribution in [2.75, 3.05) is 0 Å². The van der Waals surface area contributed by atoms with E-state index in [0.29, 0.717) is 6.42 Å². The summed E-state index contributed by atoms with van der Waals surface area (Å²) in [6.07, 6.45) is 0.612. The summed E-state index contributed by atoms with van der Waals surface area (Å²) in [6.45, 7) is 0.142. The van der Waals surface area contributed by atoms with Crippen LogP contribution in [0.1, 0.15) is 16.7 Å². The average Bonchev–Trinajstić information content (AvgIpc) is 2.78. The van der Waals surface area contributed by atoms with Crippen molar-refractivity contribution >= 4 is 11.9 Å². The molecule has 2 atom stereocenters. The van der Waals surface area contributed by atoms with Crippen LogP contribution in [0.4, 0.5) is 0 Å². The van der Waals surface area contributed by atoms with Crippen LogP contribution in [0.15, 0.2) is 91.0 Å². The number of carbonyl (C=O) groups excluding carboxylic acids is 1. The largest absolute Gasteiger partial charge is 0.480 e. The van der Waals surface area contributed by atoms with Crippen molar-refractivity contribution in [1.29, 1.82) is 0 Å². The van der Waals surface area contributed by atoms with Crippen LogP contribution in [0.25, 0.3) is 0 Å². The fourth-order valence-corrected chi connectivity index (χ4v) is 3.20. The molecule has 3 aromatic carbocycles. The lowest BCUT2D eigenvalue weighted by molar-refractivity contribution is -0.148. The van der Waals surface area contributed by atoms with Gasteiger partial charge in [0.15, 0.2) is 0 Å². The summed E-state index contributed by atoms with van der Waals surface area (Å²) in [5.41, 5.74) is 2.69. The van der Waals surface area contributed by atoms with Crippen LogP contribution in [0.2, 0.25) is 0 Å². The number of nitrogens with one attached hydrogen (secondary N) is 1. The molecule has 0 aliphatic rings. The Hall–Kier alpha value is -3.44. The Bertz CT molecular complexity index is 929. The predicted octanol–water partition coefficient (Wildman–Crippen LogP) is 3.63. The summed E-state index contributed by atoms with van der Waals surface area (Å²) in [4.78, 5) is 24.7. The zero-order valence-electron chi connectivity index (χ0n) is 16.6. The molecule has 3 rings (SSSR count). The maximum absolute atomic E-state index is 12.9. The zero-order valence-corrected chi connectivity index (χ0v) is 16.6. The van der Waals surface area contributed by atoms with Gasteiger partial charge < -0.3 is 9.84 Å². The second-order valence-corrected chi connectivity index (χ2v) is 7.08. The molecule has 0 amide bonds. The monoisotopic (exact) mass is 403 g/mol. The van der Waals surface area contributed by atoms with Gasteiger partial charge in [-0.3, -0.25) is 14.9 Å². The minimum atomic E-state index is -1.01. The third-order valence-electron chi connectivity index (χ3n) is 4.77. The Kier molecular flexibility index (Phi) is 7.75. The third kappa shape index (κ3) is 6.57. The number of ether oxygens (including phenoxy) is 1. The van der Waals surface area contributed by atoms with Gasteiger partial charge in [0, 0.05) is 0 Å². The van der Waals surface area contributed by atoms with Gasteiger partial charge in [-0.1, -0.05) is 91.0 Å². The molecule has 0 aliphatic carbocycles. The van der Waals surface area contributed by atoms with Crippen molar-refractivity contribution < 1.29 is 19.4 Å². The molecule has 0 heterocycles. The molecular formula is C25H25NO4. The maximum atomic E-state index is 12.9. The fraction of sp³-hybridized carbons (Fsp3) is 0.200. The highest BCUT2D eigenvalue weighted by atomic mass is 16.5. The molecule has 0 radical (unpaired) electrons. The minimum Gasteiger partial charge on any atom is -0.480 e. The van der Waals surface area contributed by atoms with Gasteiger partial charge in [-0.25, -0.2) is 0 Å². The van der Waals surface area contributed by atoms with Gasteiger partial charge in [0.1, 0.15) is 18.7 Å². The van der Waals surface area contributed by atoms with Crippen molar-refractivity contribution in [3.63, 3.8) is 0 Å². The van der Waals surface area contributed by atoms with Gasteiger partial charge in [-0.05, 0) is 29.5 Å². The Morgan fingerprint density at radius 1 is 0.700 bits per heavy atom. The summed E-state index contributed by atoms with van der Waals surface area (Å²) < 4.78 is 5.50. The van der Waals surface area contributed by atoms with Crippen LogP contribution >= 0.6 is 0 Å². The summed E-state index contributed by atoms with van der Waals surface area (Å²) in [5.74, 6) is -1.48. The van der Waals surface area contributed by atoms with Gasteiger partial charge in [-0.2, -0.15) is 0 Å². The van der Waals surface area contributed by atoms with Crippen LogP contribution < -0.4 is 5.32 Å². The van der Waals surface area contributed by atoms with Crippen molar-refractivity contribution in [3.8, 4) is 0 Å². The molecule has 0 aromatic heterocycles. The van der Waals surface area contributed by atoms with Crippen molar-refractivity contribution in [2.24, 2.45) is 0 Å². The fourth-order valence-electron chi connectivity index (χ4n) is 3.20. The number of esters is 1. The van der Waals surface area contributed by atoms with E-state index in [0.717, 1.165) is 16.7 Å². The molecule has 2 N–H and O–H groups in total. The van der Waals surface area contributed by atoms with Gasteiger partial charge >= 0.3 is 11.9 Å². The smallest absolute Gasteiger partial charge is 0.323 e. The molecule has 0 fully saturated rings. The number of aliphatic carboxylic acids is 1. The summed E-state index contributed by atoms with van der Waals surface area (Å²) >= 11 is 0. The molecule has 0 bridgehead atoms. The number of hydrogen-bond acceptors (Lipinski definition) is 4. The molecule has 0 spiro atoms. The van der Waals surface area contributed by atoms with E-state index >= 15 is 0 Å². The van der Waals surface area contributed by atoms with E-state index in [-0.39, 0.29) is 13.0 Å². The number of carboxylic acid groups (broad SMARTS) is 1. The van der Waals surface area contributed by atoms with E-state index < -0.39 is 24.0 Å². The first-order valence-electron chi connectivity index (χ1n) is 9.89. The molecule has 5 nitrogen and oxygen atoms in total. The van der Waals surface area contributed by atoms with Gasteiger partial charge in [0.2, 0.25) is 0 Å². The topological polar surface area (TPSA) is 75.6 Å². The standard InChI is InChI=1S/C25H25NO4/c27-24(28)22(16-19-10-4-1-5-11-19)26-23(17-20-12-6-2-7-13-20)25(29)30-18-21-14-8-3-9-15-21/h1-15,22-23,26H,16-18H2,(H,27,28)/t22-,23?/m0/s1. The lowest BCUT2D eigenvalue weighted by Crippen LogP contribution is -2.49. The Morgan fingerprint density at radius 3 is 1.60 bits per heavy atom. The highest BCUT2D eigenvalue weighted by Gasteiger charge is 2.28. The third-order valence-corrected chi connectivity index (χ3v) is 4.77. The van der Waals surface area contributed by atoms with E-state index in [2.05, 4.69) is 5.32 Å². The molecule has 0 saturated heterocycles. The summed E-state index contributed by atoms with van der Waals surface area (Å²) in [5, 5.41) is 12.7. The molecule has 5 heteroatoms. The van der Waals surface area contributed by atoms with E-state index in [9.17, 15) is 14.7 Å². The van der Waals surface area contributed by atoms with Crippen molar-refractivity contribution in [2.45, 2.75) is 31.5 Å². The number of carboxylic acids is 1. The Balaban J connectivity index is 1.73. The molecule has 154 valence electrons. The van der Waals surface area contributed by atoms with Crippen LogP contribution in [-0.4, -0.2) is 29.1 Å². The lowest BCUT2D eigenvalue weighted by atomic mass is 10.0. The van der Waals surface area contributed by atoms with Crippen LogP contribution in [0.5, 0.6) is 0 Å². The van der Waals surface area contributed by atoms with Crippen LogP contribution in [-0.2, 0) is 33.8 Å². The van der Waals surface area contributed by atoms with E-state index in [4.69, 9.17) is 4.74 Å². The van der Waals surface area contributed by atoms with Crippen molar-refractivity contribution in [3.05, 3.63) is 108 Å². The second kappa shape index (κ2) is 10.9. The number of benzene rings is 3. The molecule has 30 heavy (non-hydrogen) atoms. The molecule has 0 aliphatic heterocycles. The maximum Gasteiger partial charge on any atom is 0.323 e. The quantitative estimate of drug-likeness (QED) is 0.506. The van der Waals surface area contributed by atoms with E-state index in [1.165, 1.54) is 0 Å². The zero-order chi connectivity index (χ0) is 21.2. The summed E-state index contributed by atoms with van der Waals surface area (Å²) in [6, 6.07) is 26.6. The van der Waals surface area contributed by atoms with E-state index in [1.807, 2.05) is 91.0 Å². The first-order chi connectivity index (χ1) is 14.6. The average molecular weight is 403 g/mol. The Labute approximate surface area is 176 Å². The number of hydrogen-bond donors (Lipinski definition) is 2. The normalized spacial score (nSPS) is 12.7. The number of carbonyl (C=O) groups is 2. The molecule has 1 unspecified atom stereocenters. The van der Waals surface area contributed by atoms with Crippen LogP contribution in [0, 0.1) is 0 Å². The molecular weight excluding hydrogens is 378 g/mol.